The van der Waals surface area contributed by atoms with Crippen molar-refractivity contribution in [1.29, 1.82) is 0 Å². The van der Waals surface area contributed by atoms with E-state index in [1.54, 1.807) is 12.1 Å². The van der Waals surface area contributed by atoms with Gasteiger partial charge in [0.25, 0.3) is 0 Å². The van der Waals surface area contributed by atoms with Crippen LogP contribution in [0.5, 0.6) is 5.75 Å². The molecular formula is C21H26FNO2. The van der Waals surface area contributed by atoms with Crippen molar-refractivity contribution >= 4 is 0 Å². The van der Waals surface area contributed by atoms with Gasteiger partial charge in [0.15, 0.2) is 0 Å². The van der Waals surface area contributed by atoms with Crippen LogP contribution < -0.4 is 10.1 Å². The summed E-state index contributed by atoms with van der Waals surface area (Å²) >= 11 is 0. The fraction of sp³-hybridized carbons (Fsp3) is 0.429. The largest absolute Gasteiger partial charge is 0.488 e. The van der Waals surface area contributed by atoms with E-state index < -0.39 is 6.10 Å². The third-order valence-corrected chi connectivity index (χ3v) is 5.15. The zero-order chi connectivity index (χ0) is 17.8. The van der Waals surface area contributed by atoms with Gasteiger partial charge in [0.2, 0.25) is 0 Å². The second-order valence-corrected chi connectivity index (χ2v) is 6.88. The normalized spacial score (nSPS) is 23.4. The van der Waals surface area contributed by atoms with Gasteiger partial charge in [-0.2, -0.15) is 0 Å². The molecule has 2 N–H and O–H groups in total. The molecule has 25 heavy (non-hydrogen) atoms. The lowest BCUT2D eigenvalue weighted by Gasteiger charge is -2.35. The summed E-state index contributed by atoms with van der Waals surface area (Å²) in [5, 5.41) is 14.2. The maximum atomic E-state index is 13.3. The molecule has 1 aliphatic rings. The Balaban J connectivity index is 1.61. The Hall–Kier alpha value is -1.91. The molecule has 0 bridgehead atoms. The maximum absolute atomic E-state index is 13.3. The van der Waals surface area contributed by atoms with Gasteiger partial charge in [-0.3, -0.25) is 0 Å². The monoisotopic (exact) mass is 343 g/mol. The summed E-state index contributed by atoms with van der Waals surface area (Å²) in [6.45, 7) is 4.96. The first-order valence-corrected chi connectivity index (χ1v) is 8.93. The predicted molar refractivity (Wildman–Crippen MR) is 97.2 cm³/mol. The lowest BCUT2D eigenvalue weighted by Crippen LogP contribution is -2.51. The van der Waals surface area contributed by atoms with E-state index in [9.17, 15) is 9.50 Å². The van der Waals surface area contributed by atoms with Crippen molar-refractivity contribution in [2.45, 2.75) is 57.9 Å². The average Bonchev–Trinajstić information content (AvgIpc) is 2.59. The quantitative estimate of drug-likeness (QED) is 0.865. The summed E-state index contributed by atoms with van der Waals surface area (Å²) in [6.07, 6.45) is 1.74. The van der Waals surface area contributed by atoms with Crippen LogP contribution in [-0.2, 0) is 6.54 Å². The van der Waals surface area contributed by atoms with Crippen molar-refractivity contribution in [1.82, 2.24) is 5.32 Å². The van der Waals surface area contributed by atoms with Crippen molar-refractivity contribution in [3.8, 4) is 5.75 Å². The van der Waals surface area contributed by atoms with Crippen LogP contribution in [0.25, 0.3) is 0 Å². The van der Waals surface area contributed by atoms with E-state index in [2.05, 4.69) is 37.4 Å². The molecule has 2 aromatic rings. The highest BCUT2D eigenvalue weighted by Crippen LogP contribution is 2.25. The van der Waals surface area contributed by atoms with Crippen LogP contribution in [0, 0.1) is 19.7 Å². The van der Waals surface area contributed by atoms with Gasteiger partial charge in [-0.1, -0.05) is 24.3 Å². The summed E-state index contributed by atoms with van der Waals surface area (Å²) in [4.78, 5) is 0. The first kappa shape index (κ1) is 17.9. The van der Waals surface area contributed by atoms with Gasteiger partial charge in [-0.25, -0.2) is 4.39 Å². The minimum absolute atomic E-state index is 0.0211. The Kier molecular flexibility index (Phi) is 5.71. The minimum atomic E-state index is -0.609. The van der Waals surface area contributed by atoms with Crippen molar-refractivity contribution in [3.05, 3.63) is 65.0 Å². The highest BCUT2D eigenvalue weighted by Gasteiger charge is 2.33. The zero-order valence-electron chi connectivity index (χ0n) is 14.8. The number of benzene rings is 2. The summed E-state index contributed by atoms with van der Waals surface area (Å²) in [5.74, 6) is 0.145. The van der Waals surface area contributed by atoms with Crippen LogP contribution in [0.1, 0.15) is 36.0 Å². The predicted octanol–water partition coefficient (Wildman–Crippen LogP) is 3.89. The molecular weight excluding hydrogens is 317 g/mol. The first-order valence-electron chi connectivity index (χ1n) is 8.93. The second kappa shape index (κ2) is 7.98. The van der Waals surface area contributed by atoms with Crippen LogP contribution in [-0.4, -0.2) is 23.4 Å². The number of aryl methyl sites for hydroxylation is 1. The summed E-state index contributed by atoms with van der Waals surface area (Å²) < 4.78 is 19.2. The third-order valence-electron chi connectivity index (χ3n) is 5.15. The van der Waals surface area contributed by atoms with Crippen LogP contribution >= 0.6 is 0 Å². The van der Waals surface area contributed by atoms with Gasteiger partial charge >= 0.3 is 0 Å². The molecule has 3 nitrogen and oxygen atoms in total. The fourth-order valence-electron chi connectivity index (χ4n) is 3.45. The van der Waals surface area contributed by atoms with Gasteiger partial charge in [0.05, 0.1) is 0 Å². The van der Waals surface area contributed by atoms with E-state index in [1.165, 1.54) is 28.8 Å². The molecule has 2 aromatic carbocycles. The Bertz CT molecular complexity index is 719. The summed E-state index contributed by atoms with van der Waals surface area (Å²) in [5.41, 5.74) is 3.81. The molecule has 0 amide bonds. The highest BCUT2D eigenvalue weighted by atomic mass is 19.1. The van der Waals surface area contributed by atoms with Crippen molar-refractivity contribution in [2.75, 3.05) is 0 Å². The zero-order valence-corrected chi connectivity index (χ0v) is 14.8. The smallest absolute Gasteiger partial charge is 0.126 e. The third kappa shape index (κ3) is 4.39. The standard InChI is InChI=1S/C21H26FNO2/c1-14-6-3-7-16(15(14)2)13-23-19-10-5-11-20(21(19)24)25-18-9-4-8-17(22)12-18/h3-4,6-9,12,19-21,23-24H,5,10-11,13H2,1-2H3/t19-,20+,21+/m0/s1. The number of halogens is 1. The summed E-state index contributed by atoms with van der Waals surface area (Å²) in [6, 6.07) is 12.4. The number of ether oxygens (including phenoxy) is 1. The Morgan fingerprint density at radius 2 is 1.96 bits per heavy atom. The molecule has 0 spiro atoms. The second-order valence-electron chi connectivity index (χ2n) is 6.88. The number of hydrogen-bond donors (Lipinski definition) is 2. The molecule has 0 aromatic heterocycles. The maximum Gasteiger partial charge on any atom is 0.126 e. The number of rotatable bonds is 5. The molecule has 134 valence electrons. The van der Waals surface area contributed by atoms with E-state index in [0.717, 1.165) is 25.8 Å². The van der Waals surface area contributed by atoms with E-state index in [4.69, 9.17) is 4.74 Å². The van der Waals surface area contributed by atoms with E-state index >= 15 is 0 Å². The molecule has 0 aliphatic heterocycles. The number of aliphatic hydroxyl groups excluding tert-OH is 1. The lowest BCUT2D eigenvalue weighted by atomic mass is 9.89. The van der Waals surface area contributed by atoms with Crippen molar-refractivity contribution in [3.63, 3.8) is 0 Å². The van der Waals surface area contributed by atoms with Crippen molar-refractivity contribution < 1.29 is 14.2 Å². The molecule has 4 heteroatoms. The number of aliphatic hydroxyl groups is 1. The minimum Gasteiger partial charge on any atom is -0.488 e. The SMILES string of the molecule is Cc1cccc(CN[C@H]2CCC[C@@H](Oc3cccc(F)c3)[C@@H]2O)c1C. The van der Waals surface area contributed by atoms with Gasteiger partial charge in [0, 0.05) is 18.7 Å². The Morgan fingerprint density at radius 1 is 1.16 bits per heavy atom. The van der Waals surface area contributed by atoms with Crippen molar-refractivity contribution in [2.24, 2.45) is 0 Å². The highest BCUT2D eigenvalue weighted by molar-refractivity contribution is 5.33. The average molecular weight is 343 g/mol. The molecule has 1 fully saturated rings. The van der Waals surface area contributed by atoms with Gasteiger partial charge in [-0.15, -0.1) is 0 Å². The molecule has 0 heterocycles. The van der Waals surface area contributed by atoms with E-state index in [0.29, 0.717) is 5.75 Å². The van der Waals surface area contributed by atoms with Gasteiger partial charge in [0.1, 0.15) is 23.8 Å². The van der Waals surface area contributed by atoms with Gasteiger partial charge in [-0.05, 0) is 61.9 Å². The molecule has 0 radical (unpaired) electrons. The van der Waals surface area contributed by atoms with Crippen LogP contribution in [0.15, 0.2) is 42.5 Å². The van der Waals surface area contributed by atoms with Crippen LogP contribution in [0.2, 0.25) is 0 Å². The summed E-state index contributed by atoms with van der Waals surface area (Å²) in [7, 11) is 0. The first-order chi connectivity index (χ1) is 12.0. The molecule has 3 rings (SSSR count). The van der Waals surface area contributed by atoms with Crippen LogP contribution in [0.3, 0.4) is 0 Å². The van der Waals surface area contributed by atoms with E-state index in [-0.39, 0.29) is 18.0 Å². The van der Waals surface area contributed by atoms with Gasteiger partial charge < -0.3 is 15.2 Å². The van der Waals surface area contributed by atoms with Crippen LogP contribution in [0.4, 0.5) is 4.39 Å². The molecule has 0 saturated heterocycles. The number of nitrogens with one attached hydrogen (secondary N) is 1. The molecule has 1 saturated carbocycles. The molecule has 0 unspecified atom stereocenters. The topological polar surface area (TPSA) is 41.5 Å². The Labute approximate surface area is 148 Å². The molecule has 1 aliphatic carbocycles. The lowest BCUT2D eigenvalue weighted by molar-refractivity contribution is -0.0158. The van der Waals surface area contributed by atoms with E-state index in [1.807, 2.05) is 0 Å². The fourth-order valence-corrected chi connectivity index (χ4v) is 3.45. The number of hydrogen-bond acceptors (Lipinski definition) is 3. The molecule has 3 atom stereocenters. The Morgan fingerprint density at radius 3 is 2.76 bits per heavy atom.